The molecule has 2 aromatic rings. The van der Waals surface area contributed by atoms with Crippen molar-refractivity contribution in [3.05, 3.63) is 64.7 Å². The molecule has 0 aliphatic heterocycles. The fourth-order valence-corrected chi connectivity index (χ4v) is 3.13. The van der Waals surface area contributed by atoms with Crippen LogP contribution in [-0.2, 0) is 10.8 Å². The first-order chi connectivity index (χ1) is 15.3. The number of carbonyl (C=O) groups is 2. The van der Waals surface area contributed by atoms with Gasteiger partial charge < -0.3 is 22.1 Å². The van der Waals surface area contributed by atoms with E-state index in [2.05, 4.69) is 63.2 Å². The zero-order valence-corrected chi connectivity index (χ0v) is 21.8. The molecule has 0 aliphatic carbocycles. The summed E-state index contributed by atoms with van der Waals surface area (Å²) in [6.07, 6.45) is 0.633. The number of hydrogen-bond acceptors (Lipinski definition) is 3. The van der Waals surface area contributed by atoms with Crippen molar-refractivity contribution in [1.29, 1.82) is 0 Å². The number of nitrogens with zero attached hydrogens (tertiary/aromatic N) is 1. The number of carbonyl (C=O) groups excluding carboxylic acids is 2. The highest BCUT2D eigenvalue weighted by molar-refractivity contribution is 6.05. The van der Waals surface area contributed by atoms with Crippen LogP contribution in [0, 0.1) is 0 Å². The molecule has 0 saturated heterocycles. The van der Waals surface area contributed by atoms with Crippen LogP contribution >= 0.6 is 12.4 Å². The normalized spacial score (nSPS) is 11.2. The molecule has 0 unspecified atom stereocenters. The SMILES string of the molecule is CC(C)(C)c1cc(NC(=O)c2ccc(C(=O)NCCCN=C(N)N)cc2)cc(C(C)(C)C)c1.Cl. The van der Waals surface area contributed by atoms with Crippen molar-refractivity contribution in [3.63, 3.8) is 0 Å². The Bertz CT molecular complexity index is 983. The number of nitrogens with two attached hydrogens (primary N) is 2. The molecule has 2 aromatic carbocycles. The van der Waals surface area contributed by atoms with E-state index in [1.54, 1.807) is 24.3 Å². The van der Waals surface area contributed by atoms with Crippen LogP contribution in [0.15, 0.2) is 47.5 Å². The van der Waals surface area contributed by atoms with E-state index in [-0.39, 0.29) is 41.0 Å². The first-order valence-corrected chi connectivity index (χ1v) is 11.2. The molecule has 0 atom stereocenters. The topological polar surface area (TPSA) is 123 Å². The summed E-state index contributed by atoms with van der Waals surface area (Å²) in [6.45, 7) is 13.9. The number of halogens is 1. The van der Waals surface area contributed by atoms with Gasteiger partial charge in [0.15, 0.2) is 5.96 Å². The van der Waals surface area contributed by atoms with E-state index >= 15 is 0 Å². The summed E-state index contributed by atoms with van der Waals surface area (Å²) in [5, 5.41) is 5.83. The van der Waals surface area contributed by atoms with E-state index in [4.69, 9.17) is 11.5 Å². The van der Waals surface area contributed by atoms with E-state index in [0.29, 0.717) is 30.6 Å². The Morgan fingerprint density at radius 1 is 0.824 bits per heavy atom. The molecule has 0 saturated carbocycles. The number of anilines is 1. The van der Waals surface area contributed by atoms with Gasteiger partial charge in [-0.3, -0.25) is 14.6 Å². The van der Waals surface area contributed by atoms with Gasteiger partial charge in [0, 0.05) is 29.9 Å². The van der Waals surface area contributed by atoms with Gasteiger partial charge in [0.25, 0.3) is 11.8 Å². The molecule has 2 rings (SSSR count). The van der Waals surface area contributed by atoms with Gasteiger partial charge in [-0.15, -0.1) is 12.4 Å². The monoisotopic (exact) mass is 487 g/mol. The highest BCUT2D eigenvalue weighted by Gasteiger charge is 2.21. The predicted molar refractivity (Wildman–Crippen MR) is 143 cm³/mol. The average molecular weight is 488 g/mol. The molecule has 2 amide bonds. The quantitative estimate of drug-likeness (QED) is 0.263. The Morgan fingerprint density at radius 2 is 1.29 bits per heavy atom. The van der Waals surface area contributed by atoms with E-state index in [9.17, 15) is 9.59 Å². The molecular formula is C26H38ClN5O2. The molecule has 7 nitrogen and oxygen atoms in total. The van der Waals surface area contributed by atoms with Gasteiger partial charge in [-0.2, -0.15) is 0 Å². The van der Waals surface area contributed by atoms with Crippen molar-refractivity contribution in [2.24, 2.45) is 16.5 Å². The number of guanidine groups is 1. The molecule has 0 radical (unpaired) electrons. The van der Waals surface area contributed by atoms with Crippen LogP contribution in [0.4, 0.5) is 5.69 Å². The van der Waals surface area contributed by atoms with Crippen LogP contribution in [0.25, 0.3) is 0 Å². The van der Waals surface area contributed by atoms with E-state index in [0.717, 1.165) is 16.8 Å². The highest BCUT2D eigenvalue weighted by atomic mass is 35.5. The number of hydrogen-bond donors (Lipinski definition) is 4. The second-order valence-electron chi connectivity index (χ2n) is 10.2. The Hall–Kier alpha value is -3.06. The molecule has 0 bridgehead atoms. The predicted octanol–water partition coefficient (Wildman–Crippen LogP) is 4.35. The molecule has 0 fully saturated rings. The maximum Gasteiger partial charge on any atom is 0.255 e. The van der Waals surface area contributed by atoms with Gasteiger partial charge in [0.2, 0.25) is 0 Å². The summed E-state index contributed by atoms with van der Waals surface area (Å²) in [5.41, 5.74) is 14.5. The third kappa shape index (κ3) is 8.71. The fourth-order valence-electron chi connectivity index (χ4n) is 3.13. The van der Waals surface area contributed by atoms with Crippen molar-refractivity contribution >= 4 is 35.9 Å². The van der Waals surface area contributed by atoms with Crippen molar-refractivity contribution in [2.45, 2.75) is 58.8 Å². The highest BCUT2D eigenvalue weighted by Crippen LogP contribution is 2.32. The maximum atomic E-state index is 12.9. The molecule has 6 N–H and O–H groups in total. The Labute approximate surface area is 209 Å². The van der Waals surface area contributed by atoms with Crippen LogP contribution in [0.1, 0.15) is 79.8 Å². The minimum Gasteiger partial charge on any atom is -0.370 e. The molecule has 0 aliphatic rings. The number of nitrogens with one attached hydrogen (secondary N) is 2. The Balaban J connectivity index is 0.00000578. The molecular weight excluding hydrogens is 450 g/mol. The lowest BCUT2D eigenvalue weighted by Gasteiger charge is -2.26. The van der Waals surface area contributed by atoms with E-state index in [1.807, 2.05) is 12.1 Å². The van der Waals surface area contributed by atoms with Gasteiger partial charge in [-0.25, -0.2) is 0 Å². The van der Waals surface area contributed by atoms with E-state index in [1.165, 1.54) is 0 Å². The van der Waals surface area contributed by atoms with E-state index < -0.39 is 0 Å². The van der Waals surface area contributed by atoms with Crippen molar-refractivity contribution in [1.82, 2.24) is 5.32 Å². The van der Waals surface area contributed by atoms with Crippen LogP contribution in [0.5, 0.6) is 0 Å². The van der Waals surface area contributed by atoms with Crippen LogP contribution in [0.2, 0.25) is 0 Å². The summed E-state index contributed by atoms with van der Waals surface area (Å²) in [7, 11) is 0. The van der Waals surface area contributed by atoms with Crippen molar-refractivity contribution in [2.75, 3.05) is 18.4 Å². The number of aliphatic imine (C=N–C) groups is 1. The average Bonchev–Trinajstić information content (AvgIpc) is 2.71. The van der Waals surface area contributed by atoms with Gasteiger partial charge in [-0.1, -0.05) is 47.6 Å². The van der Waals surface area contributed by atoms with Crippen LogP contribution in [-0.4, -0.2) is 30.9 Å². The molecule has 0 spiro atoms. The fraction of sp³-hybridized carbons (Fsp3) is 0.423. The van der Waals surface area contributed by atoms with Gasteiger partial charge in [-0.05, 0) is 64.8 Å². The van der Waals surface area contributed by atoms with Crippen molar-refractivity contribution in [3.8, 4) is 0 Å². The maximum absolute atomic E-state index is 12.9. The lowest BCUT2D eigenvalue weighted by atomic mass is 9.80. The minimum absolute atomic E-state index is 0. The number of amides is 2. The first kappa shape index (κ1) is 29.0. The zero-order valence-electron chi connectivity index (χ0n) is 21.0. The van der Waals surface area contributed by atoms with Crippen molar-refractivity contribution < 1.29 is 9.59 Å². The van der Waals surface area contributed by atoms with Gasteiger partial charge >= 0.3 is 0 Å². The molecule has 8 heteroatoms. The first-order valence-electron chi connectivity index (χ1n) is 11.2. The molecule has 34 heavy (non-hydrogen) atoms. The zero-order chi connectivity index (χ0) is 24.8. The molecule has 186 valence electrons. The summed E-state index contributed by atoms with van der Waals surface area (Å²) in [5.74, 6) is -0.389. The van der Waals surface area contributed by atoms with Crippen LogP contribution < -0.4 is 22.1 Å². The molecule has 0 heterocycles. The van der Waals surface area contributed by atoms with Crippen LogP contribution in [0.3, 0.4) is 0 Å². The second kappa shape index (κ2) is 11.9. The lowest BCUT2D eigenvalue weighted by Crippen LogP contribution is -2.26. The Kier molecular flexibility index (Phi) is 10.1. The summed E-state index contributed by atoms with van der Waals surface area (Å²) < 4.78 is 0. The standard InChI is InChI=1S/C26H37N5O2.ClH/c1-25(2,3)19-14-20(26(4,5)6)16-21(15-19)31-23(33)18-10-8-17(9-11-18)22(32)29-12-7-13-30-24(27)28;/h8-11,14-16H,7,12-13H2,1-6H3,(H,29,32)(H,31,33)(H4,27,28,30);1H. The molecule has 0 aromatic heterocycles. The largest absolute Gasteiger partial charge is 0.370 e. The van der Waals surface area contributed by atoms with Gasteiger partial charge in [0.05, 0.1) is 0 Å². The Morgan fingerprint density at radius 3 is 1.74 bits per heavy atom. The third-order valence-electron chi connectivity index (χ3n) is 5.25. The lowest BCUT2D eigenvalue weighted by molar-refractivity contribution is 0.0951. The summed E-state index contributed by atoms with van der Waals surface area (Å²) >= 11 is 0. The van der Waals surface area contributed by atoms with Gasteiger partial charge in [0.1, 0.15) is 0 Å². The summed E-state index contributed by atoms with van der Waals surface area (Å²) in [4.78, 5) is 29.0. The smallest absolute Gasteiger partial charge is 0.255 e. The summed E-state index contributed by atoms with van der Waals surface area (Å²) in [6, 6.07) is 12.9. The minimum atomic E-state index is -0.217. The third-order valence-corrected chi connectivity index (χ3v) is 5.25. The number of benzene rings is 2. The second-order valence-corrected chi connectivity index (χ2v) is 10.2. The number of rotatable bonds is 7.